The van der Waals surface area contributed by atoms with Gasteiger partial charge < -0.3 is 5.32 Å². The van der Waals surface area contributed by atoms with E-state index in [0.717, 1.165) is 24.5 Å². The Morgan fingerprint density at radius 1 is 1.08 bits per heavy atom. The highest BCUT2D eigenvalue weighted by Crippen LogP contribution is 2.29. The lowest BCUT2D eigenvalue weighted by molar-refractivity contribution is -0.137. The topological polar surface area (TPSA) is 63.2 Å². The highest BCUT2D eigenvalue weighted by atomic mass is 32.2. The molecule has 0 spiro atoms. The Balaban J connectivity index is 2.06. The molecule has 1 amide bonds. The van der Waals surface area contributed by atoms with Crippen molar-refractivity contribution in [3.8, 4) is 0 Å². The fraction of sp³-hybridized carbons (Fsp3) is 0.118. The molecule has 0 heterocycles. The molecule has 25 heavy (non-hydrogen) atoms. The van der Waals surface area contributed by atoms with Crippen LogP contribution in [0.1, 0.15) is 11.1 Å². The SMILES string of the molecule is CS(=O)(=O)c1cccc(NC(=O)C=Cc2ccc(C(F)(F)F)cc2)c1. The first-order valence-electron chi connectivity index (χ1n) is 7.02. The van der Waals surface area contributed by atoms with E-state index in [1.165, 1.54) is 42.5 Å². The normalized spacial score (nSPS) is 12.3. The van der Waals surface area contributed by atoms with E-state index in [4.69, 9.17) is 0 Å². The summed E-state index contributed by atoms with van der Waals surface area (Å²) in [5.41, 5.74) is -0.0512. The van der Waals surface area contributed by atoms with E-state index in [1.54, 1.807) is 0 Å². The van der Waals surface area contributed by atoms with Crippen LogP contribution in [-0.2, 0) is 20.8 Å². The summed E-state index contributed by atoms with van der Waals surface area (Å²) in [5.74, 6) is -0.537. The highest BCUT2D eigenvalue weighted by Gasteiger charge is 2.29. The third kappa shape index (κ3) is 5.46. The quantitative estimate of drug-likeness (QED) is 0.835. The Hall–Kier alpha value is -2.61. The highest BCUT2D eigenvalue weighted by molar-refractivity contribution is 7.90. The molecule has 0 unspecified atom stereocenters. The number of carbonyl (C=O) groups excluding carboxylic acids is 1. The maximum Gasteiger partial charge on any atom is 0.416 e. The Labute approximate surface area is 142 Å². The molecule has 132 valence electrons. The lowest BCUT2D eigenvalue weighted by Gasteiger charge is -2.06. The average molecular weight is 369 g/mol. The summed E-state index contributed by atoms with van der Waals surface area (Å²) in [6.45, 7) is 0. The number of amides is 1. The Kier molecular flexibility index (Phi) is 5.32. The van der Waals surface area contributed by atoms with Gasteiger partial charge in [0, 0.05) is 18.0 Å². The largest absolute Gasteiger partial charge is 0.416 e. The molecule has 2 rings (SSSR count). The summed E-state index contributed by atoms with van der Waals surface area (Å²) in [4.78, 5) is 11.9. The van der Waals surface area contributed by atoms with Crippen molar-refractivity contribution in [3.63, 3.8) is 0 Å². The molecule has 4 nitrogen and oxygen atoms in total. The van der Waals surface area contributed by atoms with Gasteiger partial charge in [-0.15, -0.1) is 0 Å². The predicted octanol–water partition coefficient (Wildman–Crippen LogP) is 3.76. The lowest BCUT2D eigenvalue weighted by atomic mass is 10.1. The van der Waals surface area contributed by atoms with Crippen molar-refractivity contribution in [1.82, 2.24) is 0 Å². The number of alkyl halides is 3. The molecule has 0 saturated heterocycles. The monoisotopic (exact) mass is 369 g/mol. The van der Waals surface area contributed by atoms with Gasteiger partial charge in [-0.3, -0.25) is 4.79 Å². The van der Waals surface area contributed by atoms with Crippen LogP contribution in [0.5, 0.6) is 0 Å². The van der Waals surface area contributed by atoms with E-state index in [1.807, 2.05) is 0 Å². The van der Waals surface area contributed by atoms with Crippen LogP contribution in [-0.4, -0.2) is 20.6 Å². The summed E-state index contributed by atoms with van der Waals surface area (Å²) in [6, 6.07) is 10.1. The smallest absolute Gasteiger partial charge is 0.322 e. The molecule has 0 saturated carbocycles. The standard InChI is InChI=1S/C17H14F3NO3S/c1-25(23,24)15-4-2-3-14(11-15)21-16(22)10-7-12-5-8-13(9-6-12)17(18,19)20/h2-11H,1H3,(H,21,22). The summed E-state index contributed by atoms with van der Waals surface area (Å²) >= 11 is 0. The molecule has 1 N–H and O–H groups in total. The van der Waals surface area contributed by atoms with Crippen molar-refractivity contribution in [2.75, 3.05) is 11.6 Å². The van der Waals surface area contributed by atoms with Crippen molar-refractivity contribution in [2.24, 2.45) is 0 Å². The Morgan fingerprint density at radius 3 is 2.28 bits per heavy atom. The van der Waals surface area contributed by atoms with Crippen molar-refractivity contribution < 1.29 is 26.4 Å². The van der Waals surface area contributed by atoms with Crippen LogP contribution in [0.25, 0.3) is 6.08 Å². The molecular formula is C17H14F3NO3S. The van der Waals surface area contributed by atoms with Gasteiger partial charge in [0.05, 0.1) is 10.5 Å². The number of benzene rings is 2. The van der Waals surface area contributed by atoms with Crippen molar-refractivity contribution in [1.29, 1.82) is 0 Å². The van der Waals surface area contributed by atoms with E-state index in [9.17, 15) is 26.4 Å². The summed E-state index contributed by atoms with van der Waals surface area (Å²) in [6.07, 6.45) is -0.853. The van der Waals surface area contributed by atoms with E-state index in [0.29, 0.717) is 11.3 Å². The zero-order valence-electron chi connectivity index (χ0n) is 13.0. The fourth-order valence-corrected chi connectivity index (χ4v) is 2.61. The molecule has 0 aliphatic carbocycles. The van der Waals surface area contributed by atoms with E-state index < -0.39 is 27.5 Å². The van der Waals surface area contributed by atoms with Crippen LogP contribution in [0, 0.1) is 0 Å². The summed E-state index contributed by atoms with van der Waals surface area (Å²) in [7, 11) is -3.39. The minimum absolute atomic E-state index is 0.0667. The van der Waals surface area contributed by atoms with Gasteiger partial charge in [0.25, 0.3) is 0 Å². The number of hydrogen-bond donors (Lipinski definition) is 1. The number of halogens is 3. The maximum atomic E-state index is 12.5. The van der Waals surface area contributed by atoms with Crippen LogP contribution >= 0.6 is 0 Å². The second-order valence-electron chi connectivity index (χ2n) is 5.24. The van der Waals surface area contributed by atoms with Crippen LogP contribution in [0.15, 0.2) is 59.5 Å². The van der Waals surface area contributed by atoms with E-state index >= 15 is 0 Å². The number of rotatable bonds is 4. The molecular weight excluding hydrogens is 355 g/mol. The van der Waals surface area contributed by atoms with Gasteiger partial charge >= 0.3 is 6.18 Å². The van der Waals surface area contributed by atoms with Gasteiger partial charge in [-0.1, -0.05) is 18.2 Å². The lowest BCUT2D eigenvalue weighted by Crippen LogP contribution is -2.08. The second kappa shape index (κ2) is 7.10. The van der Waals surface area contributed by atoms with E-state index in [-0.39, 0.29) is 4.90 Å². The van der Waals surface area contributed by atoms with Crippen LogP contribution < -0.4 is 5.32 Å². The van der Waals surface area contributed by atoms with Gasteiger partial charge in [-0.2, -0.15) is 13.2 Å². The van der Waals surface area contributed by atoms with E-state index in [2.05, 4.69) is 5.32 Å². The molecule has 0 aliphatic rings. The van der Waals surface area contributed by atoms with Gasteiger partial charge in [-0.25, -0.2) is 8.42 Å². The number of anilines is 1. The number of carbonyl (C=O) groups is 1. The summed E-state index contributed by atoms with van der Waals surface area (Å²) in [5, 5.41) is 2.49. The Morgan fingerprint density at radius 2 is 1.72 bits per heavy atom. The molecule has 8 heteroatoms. The second-order valence-corrected chi connectivity index (χ2v) is 7.26. The van der Waals surface area contributed by atoms with Crippen molar-refractivity contribution in [2.45, 2.75) is 11.1 Å². The minimum atomic E-state index is -4.41. The van der Waals surface area contributed by atoms with Crippen molar-refractivity contribution >= 4 is 27.5 Å². The third-order valence-corrected chi connectivity index (χ3v) is 4.31. The molecule has 0 bridgehead atoms. The summed E-state index contributed by atoms with van der Waals surface area (Å²) < 4.78 is 60.3. The minimum Gasteiger partial charge on any atom is -0.322 e. The molecule has 0 radical (unpaired) electrons. The molecule has 0 aromatic heterocycles. The maximum absolute atomic E-state index is 12.5. The number of sulfone groups is 1. The first-order chi connectivity index (χ1) is 11.6. The molecule has 2 aromatic carbocycles. The van der Waals surface area contributed by atoms with Crippen molar-refractivity contribution in [3.05, 3.63) is 65.7 Å². The van der Waals surface area contributed by atoms with Crippen LogP contribution in [0.4, 0.5) is 18.9 Å². The van der Waals surface area contributed by atoms with Gasteiger partial charge in [0.1, 0.15) is 0 Å². The number of nitrogens with one attached hydrogen (secondary N) is 1. The molecule has 0 aliphatic heterocycles. The number of hydrogen-bond acceptors (Lipinski definition) is 3. The van der Waals surface area contributed by atoms with Gasteiger partial charge in [-0.05, 0) is 42.0 Å². The average Bonchev–Trinajstić information content (AvgIpc) is 2.52. The predicted molar refractivity (Wildman–Crippen MR) is 88.7 cm³/mol. The van der Waals surface area contributed by atoms with Crippen LogP contribution in [0.3, 0.4) is 0 Å². The third-order valence-electron chi connectivity index (χ3n) is 3.19. The first kappa shape index (κ1) is 18.7. The molecule has 0 atom stereocenters. The van der Waals surface area contributed by atoms with Gasteiger partial charge in [0.2, 0.25) is 5.91 Å². The molecule has 2 aromatic rings. The molecule has 0 fully saturated rings. The zero-order valence-corrected chi connectivity index (χ0v) is 13.9. The fourth-order valence-electron chi connectivity index (χ4n) is 1.94. The van der Waals surface area contributed by atoms with Gasteiger partial charge in [0.15, 0.2) is 9.84 Å². The zero-order chi connectivity index (χ0) is 18.7. The first-order valence-corrected chi connectivity index (χ1v) is 8.91. The Bertz CT molecular complexity index is 901. The van der Waals surface area contributed by atoms with Crippen LogP contribution in [0.2, 0.25) is 0 Å².